The summed E-state index contributed by atoms with van der Waals surface area (Å²) in [5.74, 6) is 0. The van der Waals surface area contributed by atoms with Crippen LogP contribution in [0.2, 0.25) is 0 Å². The summed E-state index contributed by atoms with van der Waals surface area (Å²) >= 11 is 0. The smallest absolute Gasteiger partial charge is 0.156 e. The molecular weight excluding hydrogens is 183 g/mol. The molecule has 0 fully saturated rings. The predicted molar refractivity (Wildman–Crippen MR) is 57.0 cm³/mol. The van der Waals surface area contributed by atoms with E-state index < -0.39 is 8.03 Å². The van der Waals surface area contributed by atoms with Crippen molar-refractivity contribution in [3.63, 3.8) is 0 Å². The molecule has 0 saturated carbocycles. The third-order valence-electron chi connectivity index (χ3n) is 1.97. The fraction of sp³-hybridized carbons (Fsp3) is 0.800. The van der Waals surface area contributed by atoms with Gasteiger partial charge in [0.05, 0.1) is 0 Å². The molecule has 2 nitrogen and oxygen atoms in total. The Morgan fingerprint density at radius 1 is 1.31 bits per heavy atom. The molecule has 0 radical (unpaired) electrons. The van der Waals surface area contributed by atoms with Gasteiger partial charge in [-0.3, -0.25) is 0 Å². The van der Waals surface area contributed by atoms with Gasteiger partial charge in [0.1, 0.15) is 0 Å². The summed E-state index contributed by atoms with van der Waals surface area (Å²) in [7, 11) is -2.08. The van der Waals surface area contributed by atoms with Gasteiger partial charge in [-0.25, -0.2) is 0 Å². The lowest BCUT2D eigenvalue weighted by Crippen LogP contribution is -1.79. The average Bonchev–Trinajstić information content (AvgIpc) is 2.10. The summed E-state index contributed by atoms with van der Waals surface area (Å²) < 4.78 is 10.9. The van der Waals surface area contributed by atoms with Crippen molar-refractivity contribution in [3.05, 3.63) is 11.4 Å². The molecule has 0 aliphatic carbocycles. The predicted octanol–water partition coefficient (Wildman–Crippen LogP) is 3.99. The van der Waals surface area contributed by atoms with Crippen molar-refractivity contribution >= 4 is 8.03 Å². The first-order valence-corrected chi connectivity index (χ1v) is 6.28. The molecule has 13 heavy (non-hydrogen) atoms. The van der Waals surface area contributed by atoms with Gasteiger partial charge in [-0.15, -0.1) is 0 Å². The lowest BCUT2D eigenvalue weighted by atomic mass is 10.2. The summed E-state index contributed by atoms with van der Waals surface area (Å²) in [4.78, 5) is 8.98. The third-order valence-corrected chi connectivity index (χ3v) is 2.87. The van der Waals surface area contributed by atoms with Crippen molar-refractivity contribution in [1.82, 2.24) is 0 Å². The zero-order chi connectivity index (χ0) is 10.1. The second-order valence-corrected chi connectivity index (χ2v) is 4.33. The molecule has 0 rings (SSSR count). The Balaban J connectivity index is 3.92. The van der Waals surface area contributed by atoms with Gasteiger partial charge >= 0.3 is 8.03 Å². The van der Waals surface area contributed by atoms with Crippen LogP contribution in [0.1, 0.15) is 52.4 Å². The molecule has 0 aromatic carbocycles. The minimum atomic E-state index is -2.08. The van der Waals surface area contributed by atoms with Crippen molar-refractivity contribution in [2.45, 2.75) is 52.4 Å². The molecule has 1 N–H and O–H groups in total. The van der Waals surface area contributed by atoms with E-state index in [4.69, 9.17) is 4.89 Å². The van der Waals surface area contributed by atoms with Crippen LogP contribution in [0.15, 0.2) is 11.4 Å². The molecular formula is C10H20O2P+. The van der Waals surface area contributed by atoms with Gasteiger partial charge in [-0.1, -0.05) is 26.7 Å². The number of allylic oxidation sites excluding steroid dienone is 2. The van der Waals surface area contributed by atoms with E-state index in [1.54, 1.807) is 0 Å². The summed E-state index contributed by atoms with van der Waals surface area (Å²) in [6, 6.07) is 0. The molecule has 1 unspecified atom stereocenters. The molecule has 0 amide bonds. The third kappa shape index (κ3) is 6.92. The fourth-order valence-corrected chi connectivity index (χ4v) is 1.74. The first-order valence-electron chi connectivity index (χ1n) is 5.07. The lowest BCUT2D eigenvalue weighted by Gasteiger charge is -1.92. The zero-order valence-electron chi connectivity index (χ0n) is 8.62. The Kier molecular flexibility index (Phi) is 8.27. The molecule has 0 spiro atoms. The molecule has 76 valence electrons. The lowest BCUT2D eigenvalue weighted by molar-refractivity contribution is 0.507. The Hall–Kier alpha value is -0.200. The van der Waals surface area contributed by atoms with Crippen LogP contribution in [-0.2, 0) is 4.57 Å². The highest BCUT2D eigenvalue weighted by atomic mass is 31.1. The van der Waals surface area contributed by atoms with E-state index in [1.807, 2.05) is 6.08 Å². The molecule has 0 bridgehead atoms. The SMILES string of the molecule is CCCC/C=C(\CCCC)[P+](=O)O. The summed E-state index contributed by atoms with van der Waals surface area (Å²) in [5, 5.41) is 0.741. The van der Waals surface area contributed by atoms with E-state index in [-0.39, 0.29) is 0 Å². The summed E-state index contributed by atoms with van der Waals surface area (Å²) in [6.45, 7) is 4.21. The van der Waals surface area contributed by atoms with Crippen LogP contribution >= 0.6 is 8.03 Å². The van der Waals surface area contributed by atoms with Crippen LogP contribution in [0, 0.1) is 0 Å². The minimum Gasteiger partial charge on any atom is -0.156 e. The number of hydrogen-bond donors (Lipinski definition) is 1. The van der Waals surface area contributed by atoms with Crippen molar-refractivity contribution in [2.75, 3.05) is 0 Å². The van der Waals surface area contributed by atoms with Crippen LogP contribution in [0.5, 0.6) is 0 Å². The Morgan fingerprint density at radius 3 is 2.38 bits per heavy atom. The van der Waals surface area contributed by atoms with Gasteiger partial charge in [-0.2, -0.15) is 4.89 Å². The Labute approximate surface area is 81.9 Å². The molecule has 0 aromatic heterocycles. The summed E-state index contributed by atoms with van der Waals surface area (Å²) in [5.41, 5.74) is 0. The topological polar surface area (TPSA) is 37.3 Å². The molecule has 0 aliphatic rings. The first kappa shape index (κ1) is 12.8. The van der Waals surface area contributed by atoms with Crippen LogP contribution in [-0.4, -0.2) is 4.89 Å². The van der Waals surface area contributed by atoms with Crippen LogP contribution in [0.25, 0.3) is 0 Å². The highest BCUT2D eigenvalue weighted by Gasteiger charge is 2.18. The van der Waals surface area contributed by atoms with Crippen molar-refractivity contribution in [2.24, 2.45) is 0 Å². The minimum absolute atomic E-state index is 0.741. The molecule has 0 aliphatic heterocycles. The van der Waals surface area contributed by atoms with Gasteiger partial charge in [0, 0.05) is 6.42 Å². The van der Waals surface area contributed by atoms with Crippen LogP contribution < -0.4 is 0 Å². The first-order chi connectivity index (χ1) is 6.22. The van der Waals surface area contributed by atoms with E-state index >= 15 is 0 Å². The van der Waals surface area contributed by atoms with E-state index in [9.17, 15) is 4.57 Å². The van der Waals surface area contributed by atoms with Gasteiger partial charge < -0.3 is 0 Å². The number of hydrogen-bond acceptors (Lipinski definition) is 1. The van der Waals surface area contributed by atoms with E-state index in [0.29, 0.717) is 0 Å². The number of rotatable bonds is 7. The number of unbranched alkanes of at least 4 members (excludes halogenated alkanes) is 3. The van der Waals surface area contributed by atoms with Gasteiger partial charge in [0.2, 0.25) is 0 Å². The van der Waals surface area contributed by atoms with Gasteiger partial charge in [-0.05, 0) is 29.9 Å². The highest BCUT2D eigenvalue weighted by molar-refractivity contribution is 7.43. The molecule has 0 heterocycles. The highest BCUT2D eigenvalue weighted by Crippen LogP contribution is 2.31. The van der Waals surface area contributed by atoms with E-state index in [0.717, 1.165) is 43.8 Å². The van der Waals surface area contributed by atoms with Gasteiger partial charge in [0.25, 0.3) is 0 Å². The molecule has 0 saturated heterocycles. The van der Waals surface area contributed by atoms with Crippen LogP contribution in [0.3, 0.4) is 0 Å². The van der Waals surface area contributed by atoms with Gasteiger partial charge in [0.15, 0.2) is 5.31 Å². The fourth-order valence-electron chi connectivity index (χ4n) is 1.11. The van der Waals surface area contributed by atoms with Crippen molar-refractivity contribution in [3.8, 4) is 0 Å². The van der Waals surface area contributed by atoms with E-state index in [1.165, 1.54) is 0 Å². The maximum Gasteiger partial charge on any atom is 0.541 e. The molecule has 0 aromatic rings. The van der Waals surface area contributed by atoms with Crippen molar-refractivity contribution in [1.29, 1.82) is 0 Å². The normalized spacial score (nSPS) is 13.2. The Morgan fingerprint density at radius 2 is 1.92 bits per heavy atom. The standard InChI is InChI=1S/C10H19O2P/c1-3-5-7-9-10(13(11)12)8-6-4-2/h9H,3-8H2,1-2H3/p+1/b10-9+. The largest absolute Gasteiger partial charge is 0.541 e. The van der Waals surface area contributed by atoms with Crippen LogP contribution in [0.4, 0.5) is 0 Å². The monoisotopic (exact) mass is 203 g/mol. The molecule has 3 heteroatoms. The maximum absolute atomic E-state index is 10.9. The zero-order valence-corrected chi connectivity index (χ0v) is 9.52. The second kappa shape index (κ2) is 8.40. The summed E-state index contributed by atoms with van der Waals surface area (Å²) in [6.07, 6.45) is 8.01. The molecule has 1 atom stereocenters. The maximum atomic E-state index is 10.9. The van der Waals surface area contributed by atoms with Crippen molar-refractivity contribution < 1.29 is 9.46 Å². The average molecular weight is 203 g/mol. The Bertz CT molecular complexity index is 176. The quantitative estimate of drug-likeness (QED) is 0.501. The second-order valence-electron chi connectivity index (χ2n) is 3.21. The van der Waals surface area contributed by atoms with E-state index in [2.05, 4.69) is 13.8 Å².